The Balaban J connectivity index is 1.55. The van der Waals surface area contributed by atoms with Gasteiger partial charge in [0, 0.05) is 23.9 Å². The summed E-state index contributed by atoms with van der Waals surface area (Å²) in [5.74, 6) is 7.21. The number of thioether (sulfide) groups is 1. The fourth-order valence-electron chi connectivity index (χ4n) is 2.36. The van der Waals surface area contributed by atoms with Gasteiger partial charge < -0.3 is 20.6 Å². The highest BCUT2D eigenvalue weighted by molar-refractivity contribution is 7.99. The zero-order chi connectivity index (χ0) is 21.3. The van der Waals surface area contributed by atoms with E-state index in [0.717, 1.165) is 17.3 Å². The molecule has 0 aliphatic carbocycles. The average molecular weight is 427 g/mol. The maximum absolute atomic E-state index is 12.3. The number of anilines is 2. The molecule has 0 aliphatic heterocycles. The first kappa shape index (κ1) is 21.0. The molecule has 0 bridgehead atoms. The first-order chi connectivity index (χ1) is 14.6. The van der Waals surface area contributed by atoms with Crippen LogP contribution >= 0.6 is 11.8 Å². The number of amides is 1. The van der Waals surface area contributed by atoms with Crippen molar-refractivity contribution in [3.63, 3.8) is 0 Å². The lowest BCUT2D eigenvalue weighted by Gasteiger charge is -2.09. The molecular weight excluding hydrogens is 406 g/mol. The lowest BCUT2D eigenvalue weighted by Crippen LogP contribution is -2.17. The third-order valence-corrected chi connectivity index (χ3v) is 4.75. The summed E-state index contributed by atoms with van der Waals surface area (Å²) in [7, 11) is 3.08. The van der Waals surface area contributed by atoms with Gasteiger partial charge in [-0.1, -0.05) is 42.1 Å². The molecule has 0 atom stereocenters. The van der Waals surface area contributed by atoms with Crippen LogP contribution in [0.1, 0.15) is 5.56 Å². The Kier molecular flexibility index (Phi) is 7.11. The molecule has 3 rings (SSSR count). The zero-order valence-electron chi connectivity index (χ0n) is 16.4. The summed E-state index contributed by atoms with van der Waals surface area (Å²) in [6, 6.07) is 14.7. The molecule has 156 valence electrons. The smallest absolute Gasteiger partial charge is 0.264 e. The van der Waals surface area contributed by atoms with Crippen LogP contribution in [0.5, 0.6) is 11.5 Å². The van der Waals surface area contributed by atoms with Gasteiger partial charge in [-0.15, -0.1) is 10.2 Å². The number of rotatable bonds is 9. The van der Waals surface area contributed by atoms with Crippen molar-refractivity contribution in [3.05, 3.63) is 54.1 Å². The van der Waals surface area contributed by atoms with Crippen molar-refractivity contribution >= 4 is 35.5 Å². The predicted molar refractivity (Wildman–Crippen MR) is 117 cm³/mol. The minimum atomic E-state index is -0.241. The Hall–Kier alpha value is -3.73. The molecule has 0 fully saturated rings. The monoisotopic (exact) mass is 427 g/mol. The SMILES string of the molecule is COc1cc(NC(=O)CSc2nnc(N/N=C/c3ccccc3)n2N)cc(OC)c1. The number of hydrogen-bond acceptors (Lipinski definition) is 9. The van der Waals surface area contributed by atoms with E-state index < -0.39 is 0 Å². The zero-order valence-corrected chi connectivity index (χ0v) is 17.2. The molecule has 1 heterocycles. The van der Waals surface area contributed by atoms with Crippen LogP contribution < -0.4 is 26.1 Å². The first-order valence-electron chi connectivity index (χ1n) is 8.79. The van der Waals surface area contributed by atoms with E-state index in [1.54, 1.807) is 38.6 Å². The molecule has 0 unspecified atom stereocenters. The molecule has 0 radical (unpaired) electrons. The summed E-state index contributed by atoms with van der Waals surface area (Å²) in [5, 5.41) is 15.1. The fraction of sp³-hybridized carbons (Fsp3) is 0.158. The Morgan fingerprint density at radius 2 is 1.87 bits per heavy atom. The maximum atomic E-state index is 12.3. The van der Waals surface area contributed by atoms with Crippen LogP contribution in [0, 0.1) is 0 Å². The molecule has 0 saturated carbocycles. The molecular formula is C19H21N7O3S. The van der Waals surface area contributed by atoms with Gasteiger partial charge >= 0.3 is 0 Å². The number of aromatic nitrogens is 3. The molecule has 1 aromatic heterocycles. The molecule has 0 saturated heterocycles. The maximum Gasteiger partial charge on any atom is 0.264 e. The van der Waals surface area contributed by atoms with E-state index in [2.05, 4.69) is 26.0 Å². The van der Waals surface area contributed by atoms with Crippen LogP contribution in [0.4, 0.5) is 11.6 Å². The number of methoxy groups -OCH3 is 2. The van der Waals surface area contributed by atoms with Crippen LogP contribution in [0.2, 0.25) is 0 Å². The minimum absolute atomic E-state index is 0.0855. The fourth-order valence-corrected chi connectivity index (χ4v) is 3.02. The molecule has 2 aromatic carbocycles. The Labute approximate surface area is 177 Å². The molecule has 30 heavy (non-hydrogen) atoms. The molecule has 10 nitrogen and oxygen atoms in total. The lowest BCUT2D eigenvalue weighted by atomic mass is 10.2. The lowest BCUT2D eigenvalue weighted by molar-refractivity contribution is -0.113. The molecule has 0 aliphatic rings. The number of nitrogens with one attached hydrogen (secondary N) is 2. The van der Waals surface area contributed by atoms with Gasteiger partial charge in [0.2, 0.25) is 11.1 Å². The normalized spacial score (nSPS) is 10.7. The Morgan fingerprint density at radius 3 is 2.53 bits per heavy atom. The Morgan fingerprint density at radius 1 is 1.17 bits per heavy atom. The summed E-state index contributed by atoms with van der Waals surface area (Å²) in [5.41, 5.74) is 4.21. The van der Waals surface area contributed by atoms with Crippen molar-refractivity contribution in [2.45, 2.75) is 5.16 Å². The third kappa shape index (κ3) is 5.64. The average Bonchev–Trinajstić information content (AvgIpc) is 3.12. The van der Waals surface area contributed by atoms with Gasteiger partial charge in [0.25, 0.3) is 5.95 Å². The van der Waals surface area contributed by atoms with E-state index >= 15 is 0 Å². The van der Waals surface area contributed by atoms with Gasteiger partial charge in [-0.3, -0.25) is 4.79 Å². The number of nitrogen functional groups attached to an aromatic ring is 1. The topological polar surface area (TPSA) is 129 Å². The number of ether oxygens (including phenoxy) is 2. The number of benzene rings is 2. The van der Waals surface area contributed by atoms with Crippen LogP contribution in [-0.2, 0) is 4.79 Å². The predicted octanol–water partition coefficient (Wildman–Crippen LogP) is 2.19. The van der Waals surface area contributed by atoms with Gasteiger partial charge in [0.1, 0.15) is 11.5 Å². The molecule has 11 heteroatoms. The number of hydrazone groups is 1. The summed E-state index contributed by atoms with van der Waals surface area (Å²) in [4.78, 5) is 12.3. The minimum Gasteiger partial charge on any atom is -0.497 e. The number of hydrogen-bond donors (Lipinski definition) is 3. The van der Waals surface area contributed by atoms with Crippen LogP contribution in [0.15, 0.2) is 58.8 Å². The van der Waals surface area contributed by atoms with Gasteiger partial charge in [-0.25, -0.2) is 10.1 Å². The molecule has 1 amide bonds. The second kappa shape index (κ2) is 10.2. The number of nitrogens with two attached hydrogens (primary N) is 1. The quantitative estimate of drug-likeness (QED) is 0.205. The summed E-state index contributed by atoms with van der Waals surface area (Å²) in [6.07, 6.45) is 1.64. The van der Waals surface area contributed by atoms with Gasteiger partial charge in [-0.2, -0.15) is 5.10 Å². The van der Waals surface area contributed by atoms with Gasteiger partial charge in [0.05, 0.1) is 26.2 Å². The highest BCUT2D eigenvalue weighted by Gasteiger charge is 2.13. The van der Waals surface area contributed by atoms with Crippen LogP contribution in [-0.4, -0.2) is 47.0 Å². The van der Waals surface area contributed by atoms with Crippen LogP contribution in [0.25, 0.3) is 0 Å². The van der Waals surface area contributed by atoms with Crippen LogP contribution in [0.3, 0.4) is 0 Å². The van der Waals surface area contributed by atoms with E-state index in [-0.39, 0.29) is 17.6 Å². The van der Waals surface area contributed by atoms with Crippen molar-refractivity contribution in [2.75, 3.05) is 36.6 Å². The summed E-state index contributed by atoms with van der Waals surface area (Å²) < 4.78 is 11.6. The highest BCUT2D eigenvalue weighted by Crippen LogP contribution is 2.26. The second-order valence-corrected chi connectivity index (χ2v) is 6.84. The second-order valence-electron chi connectivity index (χ2n) is 5.90. The van der Waals surface area contributed by atoms with Crippen molar-refractivity contribution < 1.29 is 14.3 Å². The standard InChI is InChI=1S/C19H21N7O3S/c1-28-15-8-14(9-16(10-15)29-2)22-17(27)12-30-19-25-24-18(26(19)20)23-21-11-13-6-4-3-5-7-13/h3-11H,12,20H2,1-2H3,(H,22,27)(H,23,24)/b21-11+. The number of nitrogens with zero attached hydrogens (tertiary/aromatic N) is 4. The van der Waals surface area contributed by atoms with Crippen molar-refractivity contribution in [2.24, 2.45) is 5.10 Å². The van der Waals surface area contributed by atoms with E-state index in [0.29, 0.717) is 22.3 Å². The largest absolute Gasteiger partial charge is 0.497 e. The molecule has 0 spiro atoms. The van der Waals surface area contributed by atoms with Crippen molar-refractivity contribution in [1.82, 2.24) is 14.9 Å². The Bertz CT molecular complexity index is 1000. The number of carbonyl (C=O) groups excluding carboxylic acids is 1. The molecule has 4 N–H and O–H groups in total. The summed E-state index contributed by atoms with van der Waals surface area (Å²) >= 11 is 1.14. The summed E-state index contributed by atoms with van der Waals surface area (Å²) in [6.45, 7) is 0. The van der Waals surface area contributed by atoms with Gasteiger partial charge in [-0.05, 0) is 5.56 Å². The third-order valence-electron chi connectivity index (χ3n) is 3.81. The number of carbonyl (C=O) groups is 1. The van der Waals surface area contributed by atoms with Gasteiger partial charge in [0.15, 0.2) is 0 Å². The first-order valence-corrected chi connectivity index (χ1v) is 9.78. The molecule has 3 aromatic rings. The van der Waals surface area contributed by atoms with E-state index in [4.69, 9.17) is 15.3 Å². The van der Waals surface area contributed by atoms with E-state index in [9.17, 15) is 4.79 Å². The van der Waals surface area contributed by atoms with Crippen molar-refractivity contribution in [3.8, 4) is 11.5 Å². The van der Waals surface area contributed by atoms with Crippen molar-refractivity contribution in [1.29, 1.82) is 0 Å². The highest BCUT2D eigenvalue weighted by atomic mass is 32.2. The van der Waals surface area contributed by atoms with E-state index in [1.807, 2.05) is 30.3 Å². The van der Waals surface area contributed by atoms with E-state index in [1.165, 1.54) is 4.68 Å².